The Balaban J connectivity index is 1.71. The maximum atomic E-state index is 13.1. The largest absolute Gasteiger partial charge is 0.507 e. The summed E-state index contributed by atoms with van der Waals surface area (Å²) in [6, 6.07) is 10.7. The van der Waals surface area contributed by atoms with E-state index in [1.807, 2.05) is 18.2 Å². The minimum Gasteiger partial charge on any atom is -0.507 e. The number of ketones is 1. The predicted octanol–water partition coefficient (Wildman–Crippen LogP) is 3.95. The maximum absolute atomic E-state index is 13.1. The van der Waals surface area contributed by atoms with Crippen LogP contribution in [-0.2, 0) is 14.3 Å². The molecule has 0 bridgehead atoms. The molecule has 2 N–H and O–H groups in total. The van der Waals surface area contributed by atoms with Crippen LogP contribution in [0, 0.1) is 0 Å². The number of benzene rings is 2. The van der Waals surface area contributed by atoms with Crippen LogP contribution in [0.2, 0.25) is 5.02 Å². The number of hydrogen-bond donors (Lipinski definition) is 2. The molecule has 9 heteroatoms. The summed E-state index contributed by atoms with van der Waals surface area (Å²) < 4.78 is 6.16. The van der Waals surface area contributed by atoms with Crippen molar-refractivity contribution < 1.29 is 24.5 Å². The topological polar surface area (TPSA) is 90.3 Å². The number of rotatable bonds is 6. The second-order valence-corrected chi connectivity index (χ2v) is 9.37. The van der Waals surface area contributed by atoms with Crippen molar-refractivity contribution in [3.63, 3.8) is 0 Å². The number of carbonyl (C=O) groups excluding carboxylic acids is 2. The van der Waals surface area contributed by atoms with E-state index in [0.717, 1.165) is 24.1 Å². The number of halogens is 2. The summed E-state index contributed by atoms with van der Waals surface area (Å²) in [4.78, 5) is 29.9. The molecule has 0 aliphatic carbocycles. The quantitative estimate of drug-likeness (QED) is 0.331. The summed E-state index contributed by atoms with van der Waals surface area (Å²) >= 11 is 9.50. The second-order valence-electron chi connectivity index (χ2n) is 8.02. The summed E-state index contributed by atoms with van der Waals surface area (Å²) in [5.41, 5.74) is 0.619. The lowest BCUT2D eigenvalue weighted by molar-refractivity contribution is -0.140. The van der Waals surface area contributed by atoms with Gasteiger partial charge in [-0.15, -0.1) is 0 Å². The van der Waals surface area contributed by atoms with Crippen LogP contribution in [0.3, 0.4) is 0 Å². The van der Waals surface area contributed by atoms with Gasteiger partial charge in [-0.05, 0) is 42.3 Å². The monoisotopic (exact) mass is 534 g/mol. The summed E-state index contributed by atoms with van der Waals surface area (Å²) in [6.45, 7) is 4.16. The molecule has 1 unspecified atom stereocenters. The molecule has 0 radical (unpaired) electrons. The highest BCUT2D eigenvalue weighted by Crippen LogP contribution is 2.41. The van der Waals surface area contributed by atoms with E-state index in [9.17, 15) is 19.8 Å². The van der Waals surface area contributed by atoms with E-state index >= 15 is 0 Å². The van der Waals surface area contributed by atoms with Crippen molar-refractivity contribution in [2.24, 2.45) is 0 Å². The number of likely N-dealkylation sites (tertiary alicyclic amines) is 1. The molecule has 1 amide bonds. The van der Waals surface area contributed by atoms with E-state index < -0.39 is 23.5 Å². The van der Waals surface area contributed by atoms with Gasteiger partial charge in [0, 0.05) is 35.7 Å². The number of nitrogens with zero attached hydrogens (tertiary/aromatic N) is 2. The van der Waals surface area contributed by atoms with Crippen molar-refractivity contribution in [3.05, 3.63) is 68.7 Å². The van der Waals surface area contributed by atoms with E-state index in [2.05, 4.69) is 20.8 Å². The van der Waals surface area contributed by atoms with E-state index in [4.69, 9.17) is 16.3 Å². The van der Waals surface area contributed by atoms with Gasteiger partial charge in [-0.3, -0.25) is 14.5 Å². The fourth-order valence-electron chi connectivity index (χ4n) is 4.27. The summed E-state index contributed by atoms with van der Waals surface area (Å²) in [7, 11) is 0. The molecule has 2 aromatic rings. The standard InChI is InChI=1S/C24H24BrClN2O5/c25-16-4-1-3-15(13-16)21-20(22(30)18-14-17(26)5-6-19(18)29)23(31)24(32)28(21)8-2-7-27-9-11-33-12-10-27/h1,3-6,13-14,21,29-30H,2,7-12H2. The fraction of sp³-hybridized carbons (Fsp3) is 0.333. The van der Waals surface area contributed by atoms with Crippen molar-refractivity contribution in [2.45, 2.75) is 12.5 Å². The molecular weight excluding hydrogens is 512 g/mol. The highest BCUT2D eigenvalue weighted by molar-refractivity contribution is 9.10. The highest BCUT2D eigenvalue weighted by Gasteiger charge is 2.46. The van der Waals surface area contributed by atoms with E-state index in [-0.39, 0.29) is 21.9 Å². The molecule has 2 saturated heterocycles. The van der Waals surface area contributed by atoms with Crippen LogP contribution in [-0.4, -0.2) is 71.1 Å². The Bertz CT molecular complexity index is 1100. The Kier molecular flexibility index (Phi) is 7.38. The third-order valence-electron chi connectivity index (χ3n) is 5.90. The number of amides is 1. The van der Waals surface area contributed by atoms with Crippen LogP contribution in [0.4, 0.5) is 0 Å². The zero-order valence-corrected chi connectivity index (χ0v) is 20.2. The SMILES string of the molecule is O=C1C(=O)N(CCCN2CCOCC2)C(c2cccc(Br)c2)C1=C(O)c1cc(Cl)ccc1O. The van der Waals surface area contributed by atoms with Crippen molar-refractivity contribution in [2.75, 3.05) is 39.4 Å². The van der Waals surface area contributed by atoms with Crippen LogP contribution in [0.5, 0.6) is 5.75 Å². The van der Waals surface area contributed by atoms with Gasteiger partial charge in [-0.2, -0.15) is 0 Å². The molecular formula is C24H24BrClN2O5. The normalized spacial score (nSPS) is 21.0. The maximum Gasteiger partial charge on any atom is 0.295 e. The van der Waals surface area contributed by atoms with Crippen LogP contribution in [0.25, 0.3) is 5.76 Å². The first-order valence-corrected chi connectivity index (χ1v) is 11.9. The molecule has 4 rings (SSSR count). The fourth-order valence-corrected chi connectivity index (χ4v) is 4.86. The number of Topliss-reactive ketones (excluding diaryl/α,β-unsaturated/α-hetero) is 1. The lowest BCUT2D eigenvalue weighted by atomic mass is 9.95. The molecule has 2 heterocycles. The zero-order chi connectivity index (χ0) is 23.5. The summed E-state index contributed by atoms with van der Waals surface area (Å²) in [5.74, 6) is -2.15. The van der Waals surface area contributed by atoms with Crippen LogP contribution < -0.4 is 0 Å². The molecule has 0 spiro atoms. The van der Waals surface area contributed by atoms with Gasteiger partial charge >= 0.3 is 0 Å². The Morgan fingerprint density at radius 1 is 1.12 bits per heavy atom. The molecule has 0 saturated carbocycles. The van der Waals surface area contributed by atoms with Crippen molar-refractivity contribution in [3.8, 4) is 5.75 Å². The average molecular weight is 536 g/mol. The Labute approximate surface area is 205 Å². The van der Waals surface area contributed by atoms with Crippen molar-refractivity contribution in [1.82, 2.24) is 9.80 Å². The van der Waals surface area contributed by atoms with Gasteiger partial charge in [0.05, 0.1) is 30.4 Å². The van der Waals surface area contributed by atoms with E-state index in [1.54, 1.807) is 6.07 Å². The number of aliphatic hydroxyl groups excluding tert-OH is 1. The molecule has 2 fully saturated rings. The van der Waals surface area contributed by atoms with E-state index in [0.29, 0.717) is 31.7 Å². The lowest BCUT2D eigenvalue weighted by Crippen LogP contribution is -2.38. The third-order valence-corrected chi connectivity index (χ3v) is 6.62. The number of aromatic hydroxyl groups is 1. The van der Waals surface area contributed by atoms with Crippen molar-refractivity contribution >= 4 is 45.0 Å². The van der Waals surface area contributed by atoms with Gasteiger partial charge < -0.3 is 19.8 Å². The number of phenolic OH excluding ortho intramolecular Hbond substituents is 1. The van der Waals surface area contributed by atoms with Gasteiger partial charge in [-0.1, -0.05) is 39.7 Å². The second kappa shape index (κ2) is 10.3. The zero-order valence-electron chi connectivity index (χ0n) is 17.8. The molecule has 1 atom stereocenters. The minimum atomic E-state index is -0.789. The molecule has 33 heavy (non-hydrogen) atoms. The molecule has 2 aliphatic rings. The third kappa shape index (κ3) is 5.09. The van der Waals surface area contributed by atoms with E-state index in [1.165, 1.54) is 23.1 Å². The number of morpholine rings is 1. The highest BCUT2D eigenvalue weighted by atomic mass is 79.9. The molecule has 2 aliphatic heterocycles. The van der Waals surface area contributed by atoms with Crippen LogP contribution in [0.15, 0.2) is 52.5 Å². The van der Waals surface area contributed by atoms with Crippen LogP contribution in [0.1, 0.15) is 23.6 Å². The minimum absolute atomic E-state index is 0.00816. The van der Waals surface area contributed by atoms with Gasteiger partial charge in [0.2, 0.25) is 0 Å². The predicted molar refractivity (Wildman–Crippen MR) is 128 cm³/mol. The Hall–Kier alpha value is -2.39. The van der Waals surface area contributed by atoms with Crippen LogP contribution >= 0.6 is 27.5 Å². The number of ether oxygens (including phenoxy) is 1. The van der Waals surface area contributed by atoms with Gasteiger partial charge in [-0.25, -0.2) is 0 Å². The summed E-state index contributed by atoms with van der Waals surface area (Å²) in [5, 5.41) is 21.7. The number of carbonyl (C=O) groups is 2. The first-order valence-electron chi connectivity index (χ1n) is 10.7. The lowest BCUT2D eigenvalue weighted by Gasteiger charge is -2.29. The summed E-state index contributed by atoms with van der Waals surface area (Å²) in [6.07, 6.45) is 0.667. The Morgan fingerprint density at radius 2 is 1.88 bits per heavy atom. The average Bonchev–Trinajstić information content (AvgIpc) is 3.06. The van der Waals surface area contributed by atoms with Gasteiger partial charge in [0.1, 0.15) is 11.5 Å². The first kappa shape index (κ1) is 23.8. The number of hydrogen-bond acceptors (Lipinski definition) is 6. The first-order chi connectivity index (χ1) is 15.9. The number of aliphatic hydroxyl groups is 1. The van der Waals surface area contributed by atoms with Gasteiger partial charge in [0.15, 0.2) is 0 Å². The van der Waals surface area contributed by atoms with Crippen molar-refractivity contribution in [1.29, 1.82) is 0 Å². The molecule has 174 valence electrons. The smallest absolute Gasteiger partial charge is 0.295 e. The Morgan fingerprint density at radius 3 is 2.61 bits per heavy atom. The van der Waals surface area contributed by atoms with Gasteiger partial charge in [0.25, 0.3) is 11.7 Å². The number of phenols is 1. The molecule has 0 aromatic heterocycles. The molecule has 2 aromatic carbocycles. The molecule has 7 nitrogen and oxygen atoms in total.